The molecule has 0 spiro atoms. The number of rotatable bonds is 5. The van der Waals surface area contributed by atoms with Gasteiger partial charge in [0.25, 0.3) is 0 Å². The summed E-state index contributed by atoms with van der Waals surface area (Å²) in [5.74, 6) is 0.183. The molecule has 0 aliphatic carbocycles. The van der Waals surface area contributed by atoms with Crippen LogP contribution in [0.4, 0.5) is 0 Å². The number of nitrogens with two attached hydrogens (primary N) is 1. The van der Waals surface area contributed by atoms with Crippen molar-refractivity contribution in [1.82, 2.24) is 4.90 Å². The highest BCUT2D eigenvalue weighted by Gasteiger charge is 2.28. The van der Waals surface area contributed by atoms with Crippen LogP contribution in [0.15, 0.2) is 24.3 Å². The van der Waals surface area contributed by atoms with Crippen LogP contribution in [-0.4, -0.2) is 17.9 Å². The van der Waals surface area contributed by atoms with Gasteiger partial charge in [-0.1, -0.05) is 45.0 Å². The van der Waals surface area contributed by atoms with Gasteiger partial charge in [-0.05, 0) is 17.5 Å². The van der Waals surface area contributed by atoms with Crippen molar-refractivity contribution in [2.24, 2.45) is 11.1 Å². The zero-order valence-corrected chi connectivity index (χ0v) is 11.9. The molecule has 100 valence electrons. The van der Waals surface area contributed by atoms with Crippen LogP contribution in [0.5, 0.6) is 0 Å². The van der Waals surface area contributed by atoms with E-state index in [-0.39, 0.29) is 11.3 Å². The molecule has 0 radical (unpaired) electrons. The van der Waals surface area contributed by atoms with Crippen LogP contribution in [0.3, 0.4) is 0 Å². The molecule has 0 bridgehead atoms. The van der Waals surface area contributed by atoms with Crippen molar-refractivity contribution in [2.75, 3.05) is 7.05 Å². The van der Waals surface area contributed by atoms with Gasteiger partial charge in [-0.25, -0.2) is 0 Å². The van der Waals surface area contributed by atoms with Gasteiger partial charge in [0.15, 0.2) is 0 Å². The summed E-state index contributed by atoms with van der Waals surface area (Å²) in [6.45, 7) is 7.19. The van der Waals surface area contributed by atoms with E-state index in [9.17, 15) is 4.79 Å². The van der Waals surface area contributed by atoms with E-state index in [0.29, 0.717) is 13.1 Å². The molecular formula is C15H24N2O. The molecule has 0 unspecified atom stereocenters. The van der Waals surface area contributed by atoms with Gasteiger partial charge >= 0.3 is 0 Å². The number of amides is 1. The van der Waals surface area contributed by atoms with Crippen LogP contribution < -0.4 is 5.73 Å². The molecule has 0 saturated carbocycles. The van der Waals surface area contributed by atoms with Crippen LogP contribution in [-0.2, 0) is 17.9 Å². The Kier molecular flexibility index (Phi) is 4.91. The lowest BCUT2D eigenvalue weighted by Crippen LogP contribution is -2.37. The molecule has 0 atom stereocenters. The Bertz CT molecular complexity index is 413. The van der Waals surface area contributed by atoms with Crippen molar-refractivity contribution >= 4 is 5.91 Å². The van der Waals surface area contributed by atoms with Crippen molar-refractivity contribution < 1.29 is 4.79 Å². The summed E-state index contributed by atoms with van der Waals surface area (Å²) in [6, 6.07) is 8.08. The zero-order chi connectivity index (χ0) is 13.8. The van der Waals surface area contributed by atoms with E-state index >= 15 is 0 Å². The van der Waals surface area contributed by atoms with E-state index in [1.165, 1.54) is 0 Å². The third-order valence-corrected chi connectivity index (χ3v) is 3.46. The van der Waals surface area contributed by atoms with E-state index in [2.05, 4.69) is 6.07 Å². The first-order valence-electron chi connectivity index (χ1n) is 6.44. The van der Waals surface area contributed by atoms with Crippen molar-refractivity contribution in [2.45, 2.75) is 40.3 Å². The van der Waals surface area contributed by atoms with Gasteiger partial charge in [0.1, 0.15) is 0 Å². The average Bonchev–Trinajstić information content (AvgIpc) is 2.37. The van der Waals surface area contributed by atoms with Crippen LogP contribution in [0.1, 0.15) is 38.3 Å². The predicted molar refractivity (Wildman–Crippen MR) is 74.9 cm³/mol. The van der Waals surface area contributed by atoms with Gasteiger partial charge in [0.05, 0.1) is 0 Å². The molecule has 0 aliphatic heterocycles. The van der Waals surface area contributed by atoms with E-state index in [4.69, 9.17) is 5.73 Å². The van der Waals surface area contributed by atoms with Gasteiger partial charge in [-0.2, -0.15) is 0 Å². The van der Waals surface area contributed by atoms with Crippen molar-refractivity contribution in [3.63, 3.8) is 0 Å². The summed E-state index contributed by atoms with van der Waals surface area (Å²) in [5.41, 5.74) is 7.55. The summed E-state index contributed by atoms with van der Waals surface area (Å²) in [7, 11) is 1.86. The van der Waals surface area contributed by atoms with E-state index in [1.54, 1.807) is 4.90 Å². The highest BCUT2D eigenvalue weighted by Crippen LogP contribution is 2.23. The van der Waals surface area contributed by atoms with E-state index < -0.39 is 0 Å². The summed E-state index contributed by atoms with van der Waals surface area (Å²) in [6.07, 6.45) is 0.846. The first kappa shape index (κ1) is 14.7. The molecule has 0 aliphatic rings. The minimum atomic E-state index is -0.291. The lowest BCUT2D eigenvalue weighted by Gasteiger charge is -2.28. The van der Waals surface area contributed by atoms with Gasteiger partial charge in [-0.15, -0.1) is 0 Å². The fraction of sp³-hybridized carbons (Fsp3) is 0.533. The Morgan fingerprint density at radius 3 is 2.50 bits per heavy atom. The molecule has 0 saturated heterocycles. The highest BCUT2D eigenvalue weighted by molar-refractivity contribution is 5.81. The monoisotopic (exact) mass is 248 g/mol. The number of carbonyl (C=O) groups excluding carboxylic acids is 1. The Labute approximate surface area is 110 Å². The molecule has 0 heterocycles. The second-order valence-electron chi connectivity index (χ2n) is 5.42. The number of hydrogen-bond acceptors (Lipinski definition) is 2. The summed E-state index contributed by atoms with van der Waals surface area (Å²) < 4.78 is 0. The van der Waals surface area contributed by atoms with Crippen LogP contribution in [0.2, 0.25) is 0 Å². The standard InChI is InChI=1S/C15H24N2O/c1-5-15(2,3)14(18)17(4)11-13-8-6-7-12(9-13)10-16/h6-9H,5,10-11,16H2,1-4H3. The summed E-state index contributed by atoms with van der Waals surface area (Å²) in [4.78, 5) is 14.0. The van der Waals surface area contributed by atoms with E-state index in [0.717, 1.165) is 17.5 Å². The molecule has 0 aromatic heterocycles. The molecule has 1 aromatic rings. The topological polar surface area (TPSA) is 46.3 Å². The molecule has 2 N–H and O–H groups in total. The minimum Gasteiger partial charge on any atom is -0.341 e. The lowest BCUT2D eigenvalue weighted by molar-refractivity contribution is -0.139. The number of carbonyl (C=O) groups is 1. The molecule has 1 rings (SSSR count). The fourth-order valence-electron chi connectivity index (χ4n) is 1.87. The second-order valence-corrected chi connectivity index (χ2v) is 5.42. The third kappa shape index (κ3) is 3.57. The van der Waals surface area contributed by atoms with Gasteiger partial charge < -0.3 is 10.6 Å². The van der Waals surface area contributed by atoms with E-state index in [1.807, 2.05) is 46.0 Å². The maximum Gasteiger partial charge on any atom is 0.228 e. The quantitative estimate of drug-likeness (QED) is 0.870. The van der Waals surface area contributed by atoms with Crippen LogP contribution in [0, 0.1) is 5.41 Å². The Morgan fingerprint density at radius 1 is 1.33 bits per heavy atom. The lowest BCUT2D eigenvalue weighted by atomic mass is 9.88. The Hall–Kier alpha value is -1.35. The van der Waals surface area contributed by atoms with Crippen molar-refractivity contribution in [3.8, 4) is 0 Å². The van der Waals surface area contributed by atoms with Gasteiger partial charge in [0, 0.05) is 25.6 Å². The molecule has 1 amide bonds. The number of hydrogen-bond donors (Lipinski definition) is 1. The van der Waals surface area contributed by atoms with Gasteiger partial charge in [0.2, 0.25) is 5.91 Å². The second kappa shape index (κ2) is 6.01. The van der Waals surface area contributed by atoms with Crippen LogP contribution >= 0.6 is 0 Å². The Balaban J connectivity index is 2.75. The average molecular weight is 248 g/mol. The Morgan fingerprint density at radius 2 is 1.94 bits per heavy atom. The van der Waals surface area contributed by atoms with Gasteiger partial charge in [-0.3, -0.25) is 4.79 Å². The fourth-order valence-corrected chi connectivity index (χ4v) is 1.87. The SMILES string of the molecule is CCC(C)(C)C(=O)N(C)Cc1cccc(CN)c1. The molecule has 1 aromatic carbocycles. The number of benzene rings is 1. The maximum absolute atomic E-state index is 12.3. The van der Waals surface area contributed by atoms with Crippen LogP contribution in [0.25, 0.3) is 0 Å². The molecular weight excluding hydrogens is 224 g/mol. The first-order valence-corrected chi connectivity index (χ1v) is 6.44. The minimum absolute atomic E-state index is 0.183. The predicted octanol–water partition coefficient (Wildman–Crippen LogP) is 2.54. The normalized spacial score (nSPS) is 11.4. The third-order valence-electron chi connectivity index (χ3n) is 3.46. The summed E-state index contributed by atoms with van der Waals surface area (Å²) in [5, 5.41) is 0. The molecule has 3 heteroatoms. The van der Waals surface area contributed by atoms with Crippen molar-refractivity contribution in [3.05, 3.63) is 35.4 Å². The maximum atomic E-state index is 12.3. The molecule has 0 fully saturated rings. The summed E-state index contributed by atoms with van der Waals surface area (Å²) >= 11 is 0. The highest BCUT2D eigenvalue weighted by atomic mass is 16.2. The largest absolute Gasteiger partial charge is 0.341 e. The molecule has 18 heavy (non-hydrogen) atoms. The smallest absolute Gasteiger partial charge is 0.228 e. The first-order chi connectivity index (χ1) is 8.40. The molecule has 3 nitrogen and oxygen atoms in total. The number of nitrogens with zero attached hydrogens (tertiary/aromatic N) is 1. The zero-order valence-electron chi connectivity index (χ0n) is 11.9. The van der Waals surface area contributed by atoms with Crippen molar-refractivity contribution in [1.29, 1.82) is 0 Å².